The number of rotatable bonds is 7. The fourth-order valence-electron chi connectivity index (χ4n) is 1.30. The molecule has 8 heteroatoms. The predicted molar refractivity (Wildman–Crippen MR) is 90.9 cm³/mol. The average Bonchev–Trinajstić information content (AvgIpc) is 2.48. The predicted octanol–water partition coefficient (Wildman–Crippen LogP) is 2.75. The summed E-state index contributed by atoms with van der Waals surface area (Å²) >= 11 is 1.18. The first-order valence-electron chi connectivity index (χ1n) is 7.32. The fourth-order valence-corrected chi connectivity index (χ4v) is 1.68. The van der Waals surface area contributed by atoms with Gasteiger partial charge in [-0.3, -0.25) is 10.0 Å². The summed E-state index contributed by atoms with van der Waals surface area (Å²) in [5.41, 5.74) is 0. The molecule has 126 valence electrons. The van der Waals surface area contributed by atoms with E-state index in [0.717, 1.165) is 6.42 Å². The number of nitrogens with one attached hydrogen (secondary N) is 2. The molecular formula is C14H26N4O3S. The number of hydrogen-bond donors (Lipinski definition) is 2. The van der Waals surface area contributed by atoms with Gasteiger partial charge in [-0.1, -0.05) is 13.0 Å². The number of amides is 4. The Bertz CT molecular complexity index is 398. The Morgan fingerprint density at radius 1 is 1.36 bits per heavy atom. The molecule has 0 aliphatic rings. The van der Waals surface area contributed by atoms with Crippen LogP contribution in [-0.2, 0) is 4.74 Å². The van der Waals surface area contributed by atoms with Crippen molar-refractivity contribution in [3.8, 4) is 0 Å². The van der Waals surface area contributed by atoms with Crippen LogP contribution < -0.4 is 10.0 Å². The van der Waals surface area contributed by atoms with Gasteiger partial charge in [0.05, 0.1) is 6.10 Å². The molecule has 1 atom stereocenters. The van der Waals surface area contributed by atoms with Gasteiger partial charge in [0.2, 0.25) is 0 Å². The van der Waals surface area contributed by atoms with Crippen LogP contribution >= 0.6 is 11.9 Å². The van der Waals surface area contributed by atoms with Gasteiger partial charge < -0.3 is 9.64 Å². The molecular weight excluding hydrogens is 304 g/mol. The van der Waals surface area contributed by atoms with Gasteiger partial charge in [-0.25, -0.2) is 9.59 Å². The van der Waals surface area contributed by atoms with Crippen molar-refractivity contribution in [3.05, 3.63) is 12.7 Å². The molecule has 7 nitrogen and oxygen atoms in total. The normalized spacial score (nSPS) is 12.3. The van der Waals surface area contributed by atoms with Crippen molar-refractivity contribution in [2.24, 2.45) is 4.99 Å². The van der Waals surface area contributed by atoms with Crippen LogP contribution in [0, 0.1) is 0 Å². The highest BCUT2D eigenvalue weighted by molar-refractivity contribution is 7.98. The Morgan fingerprint density at radius 2 is 2.00 bits per heavy atom. The lowest BCUT2D eigenvalue weighted by Gasteiger charge is -2.18. The molecule has 0 heterocycles. The summed E-state index contributed by atoms with van der Waals surface area (Å²) < 4.78 is 8.03. The number of carbonyl (C=O) groups is 2. The lowest BCUT2D eigenvalue weighted by atomic mass is 10.3. The third-order valence-corrected chi connectivity index (χ3v) is 3.44. The second-order valence-corrected chi connectivity index (χ2v) is 5.19. The maximum Gasteiger partial charge on any atom is 0.348 e. The van der Waals surface area contributed by atoms with Gasteiger partial charge >= 0.3 is 18.1 Å². The lowest BCUT2D eigenvalue weighted by molar-refractivity contribution is 0.187. The first kappa shape index (κ1) is 20.3. The van der Waals surface area contributed by atoms with Crippen LogP contribution in [0.1, 0.15) is 34.1 Å². The minimum atomic E-state index is -0.499. The van der Waals surface area contributed by atoms with E-state index < -0.39 is 12.1 Å². The van der Waals surface area contributed by atoms with Gasteiger partial charge in [-0.15, -0.1) is 11.6 Å². The third-order valence-electron chi connectivity index (χ3n) is 2.71. The number of nitrogens with zero attached hydrogens (tertiary/aromatic N) is 2. The van der Waals surface area contributed by atoms with Crippen LogP contribution in [0.15, 0.2) is 17.6 Å². The zero-order valence-electron chi connectivity index (χ0n) is 13.7. The second kappa shape index (κ2) is 11.9. The van der Waals surface area contributed by atoms with E-state index >= 15 is 0 Å². The van der Waals surface area contributed by atoms with E-state index in [2.05, 4.69) is 21.6 Å². The number of ether oxygens (including phenoxy) is 1. The monoisotopic (exact) mass is 330 g/mol. The Balaban J connectivity index is 4.84. The molecule has 1 unspecified atom stereocenters. The van der Waals surface area contributed by atoms with Crippen molar-refractivity contribution >= 4 is 30.0 Å². The van der Waals surface area contributed by atoms with Gasteiger partial charge in [0.25, 0.3) is 0 Å². The van der Waals surface area contributed by atoms with Crippen LogP contribution in [0.25, 0.3) is 0 Å². The number of urea groups is 2. The SMILES string of the molecule is C=CCSNC(=O)NC(=NC(=O)N(CC)CC)OC(C)CC. The summed E-state index contributed by atoms with van der Waals surface area (Å²) in [7, 11) is 0. The van der Waals surface area contributed by atoms with Gasteiger partial charge in [0.1, 0.15) is 0 Å². The minimum Gasteiger partial charge on any atom is -0.462 e. The number of amidine groups is 1. The first-order chi connectivity index (χ1) is 10.5. The van der Waals surface area contributed by atoms with E-state index in [9.17, 15) is 9.59 Å². The zero-order chi connectivity index (χ0) is 17.0. The lowest BCUT2D eigenvalue weighted by Crippen LogP contribution is -2.41. The maximum atomic E-state index is 12.0. The second-order valence-electron chi connectivity index (χ2n) is 4.36. The van der Waals surface area contributed by atoms with Gasteiger partial charge in [0.15, 0.2) is 0 Å². The number of aliphatic imine (C=N–C) groups is 1. The maximum absolute atomic E-state index is 12.0. The highest BCUT2D eigenvalue weighted by atomic mass is 32.2. The van der Waals surface area contributed by atoms with E-state index in [1.165, 1.54) is 16.8 Å². The van der Waals surface area contributed by atoms with Crippen molar-refractivity contribution in [1.29, 1.82) is 0 Å². The van der Waals surface area contributed by atoms with E-state index in [1.54, 1.807) is 6.08 Å². The van der Waals surface area contributed by atoms with Crippen LogP contribution in [0.4, 0.5) is 9.59 Å². The standard InChI is InChI=1S/C14H26N4O3S/c1-6-10-22-17-12(19)15-13(21-11(5)7-2)16-14(20)18(8-3)9-4/h6,11H,1,7-10H2,2-5H3,(H2,15,16,17,19,20). The highest BCUT2D eigenvalue weighted by Crippen LogP contribution is 2.00. The van der Waals surface area contributed by atoms with Crippen molar-refractivity contribution in [2.45, 2.75) is 40.2 Å². The van der Waals surface area contributed by atoms with Crippen molar-refractivity contribution in [1.82, 2.24) is 14.9 Å². The summed E-state index contributed by atoms with van der Waals surface area (Å²) in [6.45, 7) is 12.1. The molecule has 0 aromatic rings. The van der Waals surface area contributed by atoms with E-state index in [-0.39, 0.29) is 12.1 Å². The summed E-state index contributed by atoms with van der Waals surface area (Å²) in [6.07, 6.45) is 2.23. The topological polar surface area (TPSA) is 83.0 Å². The molecule has 0 rings (SSSR count). The van der Waals surface area contributed by atoms with Crippen LogP contribution in [0.2, 0.25) is 0 Å². The number of carbonyl (C=O) groups excluding carboxylic acids is 2. The molecule has 2 N–H and O–H groups in total. The molecule has 0 radical (unpaired) electrons. The molecule has 0 saturated carbocycles. The van der Waals surface area contributed by atoms with Crippen LogP contribution in [0.3, 0.4) is 0 Å². The van der Waals surface area contributed by atoms with Crippen LogP contribution in [0.5, 0.6) is 0 Å². The van der Waals surface area contributed by atoms with Gasteiger partial charge in [-0.05, 0) is 39.1 Å². The van der Waals surface area contributed by atoms with Crippen molar-refractivity contribution < 1.29 is 14.3 Å². The van der Waals surface area contributed by atoms with Crippen molar-refractivity contribution in [2.75, 3.05) is 18.8 Å². The third kappa shape index (κ3) is 8.56. The Labute approximate surface area is 136 Å². The first-order valence-corrected chi connectivity index (χ1v) is 8.30. The summed E-state index contributed by atoms with van der Waals surface area (Å²) in [5.74, 6) is 0.574. The zero-order valence-corrected chi connectivity index (χ0v) is 14.5. The molecule has 0 aromatic heterocycles. The highest BCUT2D eigenvalue weighted by Gasteiger charge is 2.15. The number of hydrogen-bond acceptors (Lipinski definition) is 4. The smallest absolute Gasteiger partial charge is 0.348 e. The molecule has 0 aromatic carbocycles. The Kier molecular flexibility index (Phi) is 11.0. The molecule has 0 fully saturated rings. The average molecular weight is 330 g/mol. The van der Waals surface area contributed by atoms with Gasteiger partial charge in [0, 0.05) is 18.8 Å². The Morgan fingerprint density at radius 3 is 2.50 bits per heavy atom. The van der Waals surface area contributed by atoms with E-state index in [1.807, 2.05) is 27.7 Å². The summed E-state index contributed by atoms with van der Waals surface area (Å²) in [5, 5.41) is 2.45. The van der Waals surface area contributed by atoms with Gasteiger partial charge in [-0.2, -0.15) is 0 Å². The van der Waals surface area contributed by atoms with E-state index in [0.29, 0.717) is 18.8 Å². The summed E-state index contributed by atoms with van der Waals surface area (Å²) in [6, 6.07) is -1.04. The fraction of sp³-hybridized carbons (Fsp3) is 0.643. The summed E-state index contributed by atoms with van der Waals surface area (Å²) in [4.78, 5) is 29.1. The van der Waals surface area contributed by atoms with Crippen molar-refractivity contribution in [3.63, 3.8) is 0 Å². The van der Waals surface area contributed by atoms with E-state index in [4.69, 9.17) is 4.74 Å². The largest absolute Gasteiger partial charge is 0.462 e. The minimum absolute atomic E-state index is 0.0945. The molecule has 0 bridgehead atoms. The Hall–Kier alpha value is -1.70. The molecule has 0 spiro atoms. The van der Waals surface area contributed by atoms with Crippen LogP contribution in [-0.4, -0.2) is 47.9 Å². The molecule has 4 amide bonds. The molecule has 0 saturated heterocycles. The molecule has 0 aliphatic heterocycles. The quantitative estimate of drug-likeness (QED) is 0.247. The molecule has 22 heavy (non-hydrogen) atoms. The molecule has 0 aliphatic carbocycles.